The summed E-state index contributed by atoms with van der Waals surface area (Å²) in [7, 11) is 3.45. The number of nitrogens with one attached hydrogen (secondary N) is 2. The molecular weight excluding hydrogens is 338 g/mol. The number of hydrogen-bond donors (Lipinski definition) is 2. The van der Waals surface area contributed by atoms with Crippen molar-refractivity contribution in [3.63, 3.8) is 0 Å². The molecule has 0 fully saturated rings. The van der Waals surface area contributed by atoms with Crippen molar-refractivity contribution in [3.05, 3.63) is 58.5 Å². The molecule has 0 unspecified atom stereocenters. The number of nitrogens with zero attached hydrogens (tertiary/aromatic N) is 3. The summed E-state index contributed by atoms with van der Waals surface area (Å²) in [5.41, 5.74) is 8.30. The largest absolute Gasteiger partial charge is 0.378 e. The second-order valence-corrected chi connectivity index (χ2v) is 7.17. The second kappa shape index (κ2) is 7.31. The Morgan fingerprint density at radius 2 is 1.81 bits per heavy atom. The minimum atomic E-state index is -0.162. The van der Waals surface area contributed by atoms with E-state index in [0.717, 1.165) is 28.4 Å². The molecule has 0 saturated carbocycles. The molecule has 0 atom stereocenters. The summed E-state index contributed by atoms with van der Waals surface area (Å²) in [4.78, 5) is 18.3. The molecule has 0 aliphatic carbocycles. The summed E-state index contributed by atoms with van der Waals surface area (Å²) in [5.74, 6) is 0. The number of aromatic nitrogens is 2. The molecule has 2 amide bonds. The van der Waals surface area contributed by atoms with Gasteiger partial charge in [0.25, 0.3) is 0 Å². The van der Waals surface area contributed by atoms with Crippen LogP contribution >= 0.6 is 0 Å². The molecular formula is C21H27N5O. The van der Waals surface area contributed by atoms with Gasteiger partial charge in [-0.2, -0.15) is 0 Å². The number of carbonyl (C=O) groups is 1. The Hall–Kier alpha value is -3.02. The zero-order chi connectivity index (χ0) is 19.7. The van der Waals surface area contributed by atoms with E-state index in [-0.39, 0.29) is 6.03 Å². The predicted molar refractivity (Wildman–Crippen MR) is 111 cm³/mol. The first-order valence-electron chi connectivity index (χ1n) is 9.04. The number of urea groups is 1. The fourth-order valence-corrected chi connectivity index (χ4v) is 3.12. The number of anilines is 2. The summed E-state index contributed by atoms with van der Waals surface area (Å²) < 4.78 is 2.02. The van der Waals surface area contributed by atoms with Gasteiger partial charge in [0, 0.05) is 32.5 Å². The zero-order valence-electron chi connectivity index (χ0n) is 16.8. The van der Waals surface area contributed by atoms with Gasteiger partial charge >= 0.3 is 6.03 Å². The number of benzene rings is 1. The second-order valence-electron chi connectivity index (χ2n) is 7.17. The number of carbonyl (C=O) groups excluding carboxylic acids is 1. The Kier molecular flexibility index (Phi) is 5.08. The molecule has 1 aromatic carbocycles. The van der Waals surface area contributed by atoms with Crippen LogP contribution in [0.2, 0.25) is 0 Å². The first-order chi connectivity index (χ1) is 12.8. The third-order valence-electron chi connectivity index (χ3n) is 4.95. The highest BCUT2D eigenvalue weighted by molar-refractivity contribution is 5.90. The van der Waals surface area contributed by atoms with Crippen LogP contribution < -0.4 is 10.6 Å². The SMILES string of the molecule is Cc1cccc(C)c1CNc1cc(NC(=O)N(C)C)cn2c(C)c(C)nc12. The lowest BCUT2D eigenvalue weighted by atomic mass is 10.0. The lowest BCUT2D eigenvalue weighted by Gasteiger charge is -2.16. The van der Waals surface area contributed by atoms with Gasteiger partial charge in [-0.25, -0.2) is 9.78 Å². The highest BCUT2D eigenvalue weighted by Gasteiger charge is 2.13. The van der Waals surface area contributed by atoms with Crippen LogP contribution in [-0.2, 0) is 6.54 Å². The fourth-order valence-electron chi connectivity index (χ4n) is 3.12. The Balaban J connectivity index is 2.00. The van der Waals surface area contributed by atoms with E-state index in [1.807, 2.05) is 30.5 Å². The van der Waals surface area contributed by atoms with Gasteiger partial charge in [0.15, 0.2) is 5.65 Å². The van der Waals surface area contributed by atoms with Gasteiger partial charge in [-0.1, -0.05) is 18.2 Å². The Morgan fingerprint density at radius 1 is 1.15 bits per heavy atom. The van der Waals surface area contributed by atoms with Crippen molar-refractivity contribution in [2.45, 2.75) is 34.2 Å². The first-order valence-corrected chi connectivity index (χ1v) is 9.04. The lowest BCUT2D eigenvalue weighted by Crippen LogP contribution is -2.27. The summed E-state index contributed by atoms with van der Waals surface area (Å²) in [5, 5.41) is 6.45. The number of fused-ring (bicyclic) bond motifs is 1. The summed E-state index contributed by atoms with van der Waals surface area (Å²) >= 11 is 0. The van der Waals surface area contributed by atoms with Gasteiger partial charge in [0.1, 0.15) is 0 Å². The van der Waals surface area contributed by atoms with Gasteiger partial charge in [0.2, 0.25) is 0 Å². The molecule has 142 valence electrons. The van der Waals surface area contributed by atoms with Crippen molar-refractivity contribution in [2.24, 2.45) is 0 Å². The smallest absolute Gasteiger partial charge is 0.321 e. The number of rotatable bonds is 4. The third kappa shape index (κ3) is 3.74. The topological polar surface area (TPSA) is 61.7 Å². The summed E-state index contributed by atoms with van der Waals surface area (Å²) in [6.45, 7) is 8.97. The van der Waals surface area contributed by atoms with Crippen molar-refractivity contribution < 1.29 is 4.79 Å². The van der Waals surface area contributed by atoms with Crippen LogP contribution in [0.25, 0.3) is 5.65 Å². The minimum absolute atomic E-state index is 0.162. The van der Waals surface area contributed by atoms with Crippen LogP contribution in [0.15, 0.2) is 30.5 Å². The molecule has 2 aromatic heterocycles. The van der Waals surface area contributed by atoms with E-state index in [1.165, 1.54) is 21.6 Å². The van der Waals surface area contributed by atoms with Crippen LogP contribution in [0.4, 0.5) is 16.2 Å². The van der Waals surface area contributed by atoms with E-state index in [2.05, 4.69) is 42.7 Å². The molecule has 2 heterocycles. The van der Waals surface area contributed by atoms with Crippen LogP contribution in [0.1, 0.15) is 28.1 Å². The van der Waals surface area contributed by atoms with E-state index >= 15 is 0 Å². The Labute approximate surface area is 160 Å². The Morgan fingerprint density at radius 3 is 2.44 bits per heavy atom. The molecule has 0 spiro atoms. The molecule has 6 heteroatoms. The maximum absolute atomic E-state index is 12.1. The Bertz CT molecular complexity index is 983. The predicted octanol–water partition coefficient (Wildman–Crippen LogP) is 4.27. The number of imidazole rings is 1. The normalized spacial score (nSPS) is 10.9. The van der Waals surface area contributed by atoms with Gasteiger partial charge in [-0.3, -0.25) is 0 Å². The maximum atomic E-state index is 12.1. The van der Waals surface area contributed by atoms with Gasteiger partial charge < -0.3 is 19.9 Å². The molecule has 3 aromatic rings. The van der Waals surface area contributed by atoms with Crippen molar-refractivity contribution >= 4 is 23.1 Å². The highest BCUT2D eigenvalue weighted by Crippen LogP contribution is 2.26. The van der Waals surface area contributed by atoms with Gasteiger partial charge in [-0.15, -0.1) is 0 Å². The number of hydrogen-bond acceptors (Lipinski definition) is 3. The average Bonchev–Trinajstić information content (AvgIpc) is 2.89. The molecule has 6 nitrogen and oxygen atoms in total. The van der Waals surface area contributed by atoms with E-state index in [9.17, 15) is 4.79 Å². The number of aryl methyl sites for hydroxylation is 4. The van der Waals surface area contributed by atoms with Crippen molar-refractivity contribution in [1.29, 1.82) is 0 Å². The molecule has 3 rings (SSSR count). The van der Waals surface area contributed by atoms with E-state index in [0.29, 0.717) is 6.54 Å². The van der Waals surface area contributed by atoms with Crippen molar-refractivity contribution in [3.8, 4) is 0 Å². The standard InChI is InChI=1S/C21H27N5O/c1-13-8-7-9-14(2)18(13)11-22-19-10-17(24-21(27)25(5)6)12-26-16(4)15(3)23-20(19)26/h7-10,12,22H,11H2,1-6H3,(H,24,27). The molecule has 0 radical (unpaired) electrons. The van der Waals surface area contributed by atoms with Crippen LogP contribution in [0, 0.1) is 27.7 Å². The van der Waals surface area contributed by atoms with Crippen molar-refractivity contribution in [1.82, 2.24) is 14.3 Å². The van der Waals surface area contributed by atoms with Gasteiger partial charge in [-0.05, 0) is 50.5 Å². The fraction of sp³-hybridized carbons (Fsp3) is 0.333. The zero-order valence-corrected chi connectivity index (χ0v) is 16.8. The molecule has 2 N–H and O–H groups in total. The van der Waals surface area contributed by atoms with E-state index in [4.69, 9.17) is 4.98 Å². The first kappa shape index (κ1) is 18.8. The molecule has 0 aliphatic heterocycles. The quantitative estimate of drug-likeness (QED) is 0.726. The average molecular weight is 365 g/mol. The van der Waals surface area contributed by atoms with E-state index < -0.39 is 0 Å². The van der Waals surface area contributed by atoms with E-state index in [1.54, 1.807) is 14.1 Å². The highest BCUT2D eigenvalue weighted by atomic mass is 16.2. The van der Waals surface area contributed by atoms with Crippen LogP contribution in [0.3, 0.4) is 0 Å². The van der Waals surface area contributed by atoms with Crippen molar-refractivity contribution in [2.75, 3.05) is 24.7 Å². The maximum Gasteiger partial charge on any atom is 0.321 e. The van der Waals surface area contributed by atoms with Crippen LogP contribution in [0.5, 0.6) is 0 Å². The van der Waals surface area contributed by atoms with Gasteiger partial charge in [0.05, 0.1) is 17.1 Å². The molecule has 0 saturated heterocycles. The number of amides is 2. The molecule has 0 aliphatic rings. The summed E-state index contributed by atoms with van der Waals surface area (Å²) in [6.07, 6.45) is 1.91. The third-order valence-corrected chi connectivity index (χ3v) is 4.95. The lowest BCUT2D eigenvalue weighted by molar-refractivity contribution is 0.230. The minimum Gasteiger partial charge on any atom is -0.378 e. The van der Waals surface area contributed by atoms with Crippen LogP contribution in [-0.4, -0.2) is 34.4 Å². The number of pyridine rings is 1. The molecule has 0 bridgehead atoms. The molecule has 27 heavy (non-hydrogen) atoms. The monoisotopic (exact) mass is 365 g/mol. The summed E-state index contributed by atoms with van der Waals surface area (Å²) in [6, 6.07) is 8.10.